The molecule has 2 heterocycles. The van der Waals surface area contributed by atoms with Crippen molar-refractivity contribution >= 4 is 5.95 Å². The number of nitrogens with zero attached hydrogens (tertiary/aromatic N) is 3. The maximum atomic E-state index is 5.79. The Labute approximate surface area is 115 Å². The number of H-pyrrole nitrogens is 1. The smallest absolute Gasteiger partial charge is 0.244 e. The number of piperidine rings is 1. The molecule has 1 saturated heterocycles. The number of rotatable bonds is 3. The number of nitrogens with two attached hydrogens (primary N) is 1. The van der Waals surface area contributed by atoms with E-state index in [-0.39, 0.29) is 0 Å². The highest BCUT2D eigenvalue weighted by Gasteiger charge is 2.24. The molecule has 0 bridgehead atoms. The van der Waals surface area contributed by atoms with Crippen molar-refractivity contribution in [1.29, 1.82) is 0 Å². The molecule has 19 heavy (non-hydrogen) atoms. The normalized spacial score (nSPS) is 25.7. The van der Waals surface area contributed by atoms with Crippen LogP contribution in [0.15, 0.2) is 0 Å². The highest BCUT2D eigenvalue weighted by molar-refractivity contribution is 5.30. The van der Waals surface area contributed by atoms with Crippen molar-refractivity contribution in [2.75, 3.05) is 24.5 Å². The van der Waals surface area contributed by atoms with Gasteiger partial charge in [-0.05, 0) is 38.1 Å². The summed E-state index contributed by atoms with van der Waals surface area (Å²) in [6.45, 7) is 2.85. The van der Waals surface area contributed by atoms with Gasteiger partial charge in [0.1, 0.15) is 5.82 Å². The molecule has 0 spiro atoms. The highest BCUT2D eigenvalue weighted by Crippen LogP contribution is 2.31. The van der Waals surface area contributed by atoms with Crippen molar-refractivity contribution < 1.29 is 0 Å². The number of aromatic nitrogens is 3. The van der Waals surface area contributed by atoms with Gasteiger partial charge in [0.15, 0.2) is 0 Å². The van der Waals surface area contributed by atoms with E-state index >= 15 is 0 Å². The lowest BCUT2D eigenvalue weighted by Gasteiger charge is -2.31. The van der Waals surface area contributed by atoms with Crippen molar-refractivity contribution in [1.82, 2.24) is 15.2 Å². The van der Waals surface area contributed by atoms with E-state index in [1.54, 1.807) is 0 Å². The van der Waals surface area contributed by atoms with E-state index in [1.807, 2.05) is 0 Å². The predicted molar refractivity (Wildman–Crippen MR) is 76.2 cm³/mol. The molecule has 5 heteroatoms. The Morgan fingerprint density at radius 2 is 2.00 bits per heavy atom. The van der Waals surface area contributed by atoms with Crippen LogP contribution < -0.4 is 10.6 Å². The predicted octanol–water partition coefficient (Wildman–Crippen LogP) is 2.03. The fourth-order valence-electron chi connectivity index (χ4n) is 3.40. The minimum absolute atomic E-state index is 0.602. The summed E-state index contributed by atoms with van der Waals surface area (Å²) < 4.78 is 0. The molecular formula is C14H25N5. The van der Waals surface area contributed by atoms with Crippen LogP contribution in [0.25, 0.3) is 0 Å². The van der Waals surface area contributed by atoms with Crippen LogP contribution in [0.4, 0.5) is 5.95 Å². The molecule has 1 saturated carbocycles. The third-order valence-corrected chi connectivity index (χ3v) is 4.62. The first kappa shape index (κ1) is 12.9. The first-order valence-electron chi connectivity index (χ1n) is 7.74. The Morgan fingerprint density at radius 1 is 1.16 bits per heavy atom. The van der Waals surface area contributed by atoms with Crippen molar-refractivity contribution in [2.45, 2.75) is 50.9 Å². The summed E-state index contributed by atoms with van der Waals surface area (Å²) in [6, 6.07) is 0. The van der Waals surface area contributed by atoms with E-state index in [0.717, 1.165) is 31.4 Å². The van der Waals surface area contributed by atoms with Crippen molar-refractivity contribution in [3.63, 3.8) is 0 Å². The standard InChI is InChI=1S/C14H25N5/c15-9-11-5-4-8-19(10-11)14-16-13(17-18-14)12-6-2-1-3-7-12/h11-12H,1-10,15H2,(H,16,17,18). The third kappa shape index (κ3) is 2.91. The average molecular weight is 263 g/mol. The van der Waals surface area contributed by atoms with E-state index < -0.39 is 0 Å². The molecule has 3 rings (SSSR count). The van der Waals surface area contributed by atoms with Crippen LogP contribution in [0.5, 0.6) is 0 Å². The molecule has 1 aromatic heterocycles. The molecular weight excluding hydrogens is 238 g/mol. The summed E-state index contributed by atoms with van der Waals surface area (Å²) in [7, 11) is 0. The quantitative estimate of drug-likeness (QED) is 0.875. The lowest BCUT2D eigenvalue weighted by Crippen LogP contribution is -2.39. The van der Waals surface area contributed by atoms with E-state index in [1.165, 1.54) is 44.9 Å². The van der Waals surface area contributed by atoms with Gasteiger partial charge in [0.05, 0.1) is 0 Å². The van der Waals surface area contributed by atoms with Gasteiger partial charge in [-0.2, -0.15) is 4.98 Å². The zero-order chi connectivity index (χ0) is 13.1. The second kappa shape index (κ2) is 5.90. The van der Waals surface area contributed by atoms with E-state index in [2.05, 4.69) is 15.1 Å². The van der Waals surface area contributed by atoms with Gasteiger partial charge in [-0.3, -0.25) is 5.10 Å². The van der Waals surface area contributed by atoms with Gasteiger partial charge in [-0.25, -0.2) is 0 Å². The van der Waals surface area contributed by atoms with Crippen LogP contribution in [-0.4, -0.2) is 34.8 Å². The van der Waals surface area contributed by atoms with Crippen molar-refractivity contribution in [3.05, 3.63) is 5.82 Å². The summed E-state index contributed by atoms with van der Waals surface area (Å²) in [6.07, 6.45) is 9.02. The van der Waals surface area contributed by atoms with Crippen molar-refractivity contribution in [2.24, 2.45) is 11.7 Å². The molecule has 1 atom stereocenters. The van der Waals surface area contributed by atoms with Gasteiger partial charge in [0.25, 0.3) is 0 Å². The molecule has 5 nitrogen and oxygen atoms in total. The number of nitrogens with one attached hydrogen (secondary N) is 1. The molecule has 2 aliphatic rings. The topological polar surface area (TPSA) is 70.8 Å². The Balaban J connectivity index is 1.66. The Hall–Kier alpha value is -1.10. The van der Waals surface area contributed by atoms with Crippen LogP contribution in [0, 0.1) is 5.92 Å². The second-order valence-electron chi connectivity index (χ2n) is 6.05. The molecule has 1 aliphatic carbocycles. The third-order valence-electron chi connectivity index (χ3n) is 4.62. The summed E-state index contributed by atoms with van der Waals surface area (Å²) in [5.41, 5.74) is 5.79. The molecule has 0 radical (unpaired) electrons. The van der Waals surface area contributed by atoms with E-state index in [0.29, 0.717) is 11.8 Å². The van der Waals surface area contributed by atoms with Gasteiger partial charge < -0.3 is 10.6 Å². The van der Waals surface area contributed by atoms with E-state index in [4.69, 9.17) is 10.7 Å². The first-order valence-corrected chi connectivity index (χ1v) is 7.74. The summed E-state index contributed by atoms with van der Waals surface area (Å²) in [5.74, 6) is 3.19. The molecule has 0 amide bonds. The molecule has 0 aromatic carbocycles. The van der Waals surface area contributed by atoms with Gasteiger partial charge in [0.2, 0.25) is 5.95 Å². The molecule has 1 aliphatic heterocycles. The van der Waals surface area contributed by atoms with Gasteiger partial charge >= 0.3 is 0 Å². The molecule has 1 unspecified atom stereocenters. The second-order valence-corrected chi connectivity index (χ2v) is 6.05. The fraction of sp³-hybridized carbons (Fsp3) is 0.857. The first-order chi connectivity index (χ1) is 9.36. The van der Waals surface area contributed by atoms with E-state index in [9.17, 15) is 0 Å². The number of anilines is 1. The lowest BCUT2D eigenvalue weighted by atomic mass is 9.89. The minimum atomic E-state index is 0.602. The molecule has 1 aromatic rings. The highest BCUT2D eigenvalue weighted by atomic mass is 15.4. The van der Waals surface area contributed by atoms with Crippen LogP contribution in [-0.2, 0) is 0 Å². The molecule has 2 fully saturated rings. The Bertz CT molecular complexity index is 396. The Morgan fingerprint density at radius 3 is 2.79 bits per heavy atom. The van der Waals surface area contributed by atoms with Crippen molar-refractivity contribution in [3.8, 4) is 0 Å². The maximum absolute atomic E-state index is 5.79. The lowest BCUT2D eigenvalue weighted by molar-refractivity contribution is 0.418. The maximum Gasteiger partial charge on any atom is 0.244 e. The largest absolute Gasteiger partial charge is 0.339 e. The average Bonchev–Trinajstić information content (AvgIpc) is 2.98. The van der Waals surface area contributed by atoms with Crippen LogP contribution in [0.3, 0.4) is 0 Å². The van der Waals surface area contributed by atoms with Crippen LogP contribution >= 0.6 is 0 Å². The van der Waals surface area contributed by atoms with Crippen LogP contribution in [0.2, 0.25) is 0 Å². The minimum Gasteiger partial charge on any atom is -0.339 e. The molecule has 3 N–H and O–H groups in total. The van der Waals surface area contributed by atoms with Gasteiger partial charge in [-0.15, -0.1) is 5.10 Å². The van der Waals surface area contributed by atoms with Gasteiger partial charge in [-0.1, -0.05) is 19.3 Å². The number of aromatic amines is 1. The zero-order valence-corrected chi connectivity index (χ0v) is 11.6. The Kier molecular flexibility index (Phi) is 4.01. The van der Waals surface area contributed by atoms with Crippen LogP contribution in [0.1, 0.15) is 56.7 Å². The monoisotopic (exact) mass is 263 g/mol. The SMILES string of the molecule is NCC1CCCN(c2n[nH]c(C3CCCCC3)n2)C1. The summed E-state index contributed by atoms with van der Waals surface area (Å²) >= 11 is 0. The molecule has 106 valence electrons. The van der Waals surface area contributed by atoms with Gasteiger partial charge in [0, 0.05) is 19.0 Å². The fourth-order valence-corrected chi connectivity index (χ4v) is 3.40. The summed E-state index contributed by atoms with van der Waals surface area (Å²) in [4.78, 5) is 7.04. The number of hydrogen-bond donors (Lipinski definition) is 2. The number of hydrogen-bond acceptors (Lipinski definition) is 4. The zero-order valence-electron chi connectivity index (χ0n) is 11.6. The summed E-state index contributed by atoms with van der Waals surface area (Å²) in [5, 5.41) is 7.60.